The lowest BCUT2D eigenvalue weighted by molar-refractivity contribution is -0.153. The number of aromatic nitrogens is 1. The quantitative estimate of drug-likeness (QED) is 0.630. The van der Waals surface area contributed by atoms with Crippen LogP contribution >= 0.6 is 11.6 Å². The number of hydrogen-bond acceptors (Lipinski definition) is 6. The molecule has 0 bridgehead atoms. The lowest BCUT2D eigenvalue weighted by atomic mass is 10.3. The van der Waals surface area contributed by atoms with Crippen LogP contribution in [0.15, 0.2) is 18.3 Å². The minimum Gasteiger partial charge on any atom is -0.451 e. The molecule has 0 radical (unpaired) electrons. The normalized spacial score (nSPS) is 11.4. The highest BCUT2D eigenvalue weighted by molar-refractivity contribution is 6.30. The largest absolute Gasteiger partial charge is 0.451 e. The zero-order valence-corrected chi connectivity index (χ0v) is 14.7. The molecular formula is C15H19ClN4O5. The molecule has 1 heterocycles. The number of carbonyl (C=O) groups is 4. The summed E-state index contributed by atoms with van der Waals surface area (Å²) in [4.78, 5) is 50.4. The lowest BCUT2D eigenvalue weighted by Crippen LogP contribution is -2.47. The van der Waals surface area contributed by atoms with Crippen molar-refractivity contribution < 1.29 is 23.9 Å². The van der Waals surface area contributed by atoms with Gasteiger partial charge in [-0.3, -0.25) is 24.7 Å². The van der Waals surface area contributed by atoms with Gasteiger partial charge in [-0.25, -0.2) is 4.79 Å². The maximum atomic E-state index is 11.8. The maximum Gasteiger partial charge on any atom is 0.326 e. The van der Waals surface area contributed by atoms with E-state index in [-0.39, 0.29) is 11.7 Å². The van der Waals surface area contributed by atoms with Gasteiger partial charge in [0.25, 0.3) is 11.8 Å². The molecule has 4 amide bonds. The summed E-state index contributed by atoms with van der Waals surface area (Å²) in [5.41, 5.74) is 0.0384. The Morgan fingerprint density at radius 1 is 1.24 bits per heavy atom. The molecule has 0 spiro atoms. The maximum absolute atomic E-state index is 11.8. The molecule has 0 saturated heterocycles. The third-order valence-electron chi connectivity index (χ3n) is 2.68. The van der Waals surface area contributed by atoms with Crippen LogP contribution in [0.5, 0.6) is 0 Å². The van der Waals surface area contributed by atoms with Gasteiger partial charge in [0.05, 0.1) is 0 Å². The molecule has 0 fully saturated rings. The molecule has 3 N–H and O–H groups in total. The molecule has 0 saturated carbocycles. The van der Waals surface area contributed by atoms with Gasteiger partial charge in [0, 0.05) is 17.3 Å². The Morgan fingerprint density at radius 2 is 1.92 bits per heavy atom. The van der Waals surface area contributed by atoms with Crippen molar-refractivity contribution in [1.82, 2.24) is 20.9 Å². The minimum atomic E-state index is -1.20. The van der Waals surface area contributed by atoms with Crippen LogP contribution in [0.3, 0.4) is 0 Å². The van der Waals surface area contributed by atoms with Crippen molar-refractivity contribution >= 4 is 35.4 Å². The van der Waals surface area contributed by atoms with Gasteiger partial charge >= 0.3 is 12.0 Å². The van der Waals surface area contributed by atoms with Crippen LogP contribution in [-0.2, 0) is 14.3 Å². The summed E-state index contributed by atoms with van der Waals surface area (Å²) in [7, 11) is 0. The summed E-state index contributed by atoms with van der Waals surface area (Å²) in [5.74, 6) is -2.25. The Hall–Kier alpha value is -2.68. The molecule has 1 aromatic rings. The fraction of sp³-hybridized carbons (Fsp3) is 0.400. The van der Waals surface area contributed by atoms with Crippen molar-refractivity contribution in [1.29, 1.82) is 0 Å². The Balaban J connectivity index is 2.41. The molecule has 0 aliphatic heterocycles. The minimum absolute atomic E-state index is 0.0384. The number of pyridine rings is 1. The number of amides is 4. The van der Waals surface area contributed by atoms with Crippen LogP contribution < -0.4 is 16.0 Å². The average Bonchev–Trinajstić information content (AvgIpc) is 2.51. The fourth-order valence-electron chi connectivity index (χ4n) is 1.58. The van der Waals surface area contributed by atoms with Crippen LogP contribution in [0.1, 0.15) is 31.3 Å². The highest BCUT2D eigenvalue weighted by Crippen LogP contribution is 2.07. The highest BCUT2D eigenvalue weighted by Gasteiger charge is 2.20. The van der Waals surface area contributed by atoms with Crippen LogP contribution in [0.4, 0.5) is 4.79 Å². The summed E-state index contributed by atoms with van der Waals surface area (Å²) in [6.45, 7) is 4.29. The Labute approximate surface area is 149 Å². The van der Waals surface area contributed by atoms with Crippen molar-refractivity contribution in [2.24, 2.45) is 0 Å². The monoisotopic (exact) mass is 370 g/mol. The van der Waals surface area contributed by atoms with E-state index >= 15 is 0 Å². The Kier molecular flexibility index (Phi) is 7.80. The summed E-state index contributed by atoms with van der Waals surface area (Å²) >= 11 is 5.74. The van der Waals surface area contributed by atoms with Crippen LogP contribution in [0, 0.1) is 0 Å². The summed E-state index contributed by atoms with van der Waals surface area (Å²) in [6, 6.07) is 2.00. The van der Waals surface area contributed by atoms with E-state index in [1.165, 1.54) is 25.3 Å². The fourth-order valence-corrected chi connectivity index (χ4v) is 1.74. The van der Waals surface area contributed by atoms with Crippen LogP contribution in [-0.4, -0.2) is 47.5 Å². The standard InChI is InChI=1S/C15H19ClN4O5/c1-8(2)19-15(24)20-13(22)9(3)25-12(21)7-18-14(23)11-6-10(16)4-5-17-11/h4-6,8-9H,7H2,1-3H3,(H,18,23)(H2,19,20,22,24)/t9-/m0/s1. The van der Waals surface area contributed by atoms with E-state index in [1.807, 2.05) is 5.32 Å². The van der Waals surface area contributed by atoms with Gasteiger partial charge in [-0.05, 0) is 32.9 Å². The first-order valence-corrected chi connectivity index (χ1v) is 7.77. The van der Waals surface area contributed by atoms with Crippen molar-refractivity contribution in [3.63, 3.8) is 0 Å². The SMILES string of the molecule is CC(C)NC(=O)NC(=O)[C@H](C)OC(=O)CNC(=O)c1cc(Cl)ccn1. The van der Waals surface area contributed by atoms with Gasteiger partial charge in [0.15, 0.2) is 6.10 Å². The van der Waals surface area contributed by atoms with Crippen molar-refractivity contribution in [2.45, 2.75) is 32.9 Å². The third-order valence-corrected chi connectivity index (χ3v) is 2.92. The van der Waals surface area contributed by atoms with Crippen molar-refractivity contribution in [2.75, 3.05) is 6.54 Å². The predicted octanol–water partition coefficient (Wildman–Crippen LogP) is 0.631. The van der Waals surface area contributed by atoms with E-state index < -0.39 is 36.5 Å². The number of urea groups is 1. The van der Waals surface area contributed by atoms with Gasteiger partial charge in [-0.2, -0.15) is 0 Å². The molecular weight excluding hydrogens is 352 g/mol. The molecule has 9 nitrogen and oxygen atoms in total. The highest BCUT2D eigenvalue weighted by atomic mass is 35.5. The average molecular weight is 371 g/mol. The van der Waals surface area contributed by atoms with Crippen LogP contribution in [0.2, 0.25) is 5.02 Å². The first-order valence-electron chi connectivity index (χ1n) is 7.39. The molecule has 0 aromatic carbocycles. The zero-order valence-electron chi connectivity index (χ0n) is 14.0. The summed E-state index contributed by atoms with van der Waals surface area (Å²) in [5, 5.41) is 7.11. The third kappa shape index (κ3) is 7.62. The topological polar surface area (TPSA) is 126 Å². The molecule has 1 atom stereocenters. The van der Waals surface area contributed by atoms with Crippen LogP contribution in [0.25, 0.3) is 0 Å². The molecule has 1 aromatic heterocycles. The number of ether oxygens (including phenoxy) is 1. The number of nitrogens with one attached hydrogen (secondary N) is 3. The van der Waals surface area contributed by atoms with Gasteiger partial charge in [0.1, 0.15) is 12.2 Å². The number of carbonyl (C=O) groups excluding carboxylic acids is 4. The van der Waals surface area contributed by atoms with Gasteiger partial charge in [0.2, 0.25) is 0 Å². The molecule has 10 heteroatoms. The first-order chi connectivity index (χ1) is 11.7. The molecule has 136 valence electrons. The number of hydrogen-bond donors (Lipinski definition) is 3. The second-order valence-electron chi connectivity index (χ2n) is 5.29. The Bertz CT molecular complexity index is 665. The molecule has 0 aliphatic carbocycles. The van der Waals surface area contributed by atoms with Crippen molar-refractivity contribution in [3.8, 4) is 0 Å². The molecule has 0 aliphatic rings. The second kappa shape index (κ2) is 9.58. The van der Waals surface area contributed by atoms with Crippen molar-refractivity contribution in [3.05, 3.63) is 29.0 Å². The molecule has 25 heavy (non-hydrogen) atoms. The predicted molar refractivity (Wildman–Crippen MR) is 88.9 cm³/mol. The van der Waals surface area contributed by atoms with E-state index in [1.54, 1.807) is 13.8 Å². The summed E-state index contributed by atoms with van der Waals surface area (Å²) < 4.78 is 4.84. The smallest absolute Gasteiger partial charge is 0.326 e. The Morgan fingerprint density at radius 3 is 2.52 bits per heavy atom. The van der Waals surface area contributed by atoms with Gasteiger partial charge in [-0.15, -0.1) is 0 Å². The summed E-state index contributed by atoms with van der Waals surface area (Å²) in [6.07, 6.45) is 0.149. The van der Waals surface area contributed by atoms with E-state index in [0.29, 0.717) is 5.02 Å². The second-order valence-corrected chi connectivity index (χ2v) is 5.73. The first kappa shape index (κ1) is 20.4. The zero-order chi connectivity index (χ0) is 19.0. The number of nitrogens with zero attached hydrogens (tertiary/aromatic N) is 1. The number of halogens is 1. The molecule has 1 rings (SSSR count). The van der Waals surface area contributed by atoms with E-state index in [9.17, 15) is 19.2 Å². The van der Waals surface area contributed by atoms with E-state index in [2.05, 4.69) is 15.6 Å². The number of rotatable bonds is 6. The van der Waals surface area contributed by atoms with Gasteiger partial charge < -0.3 is 15.4 Å². The molecule has 0 unspecified atom stereocenters. The number of esters is 1. The van der Waals surface area contributed by atoms with E-state index in [4.69, 9.17) is 16.3 Å². The number of imide groups is 1. The van der Waals surface area contributed by atoms with Gasteiger partial charge in [-0.1, -0.05) is 11.6 Å². The van der Waals surface area contributed by atoms with E-state index in [0.717, 1.165) is 0 Å². The lowest BCUT2D eigenvalue weighted by Gasteiger charge is -2.14.